The maximum atomic E-state index is 11.2. The number of hydrogen-bond donors (Lipinski definition) is 2. The zero-order chi connectivity index (χ0) is 13.3. The summed E-state index contributed by atoms with van der Waals surface area (Å²) in [5.74, 6) is 1.10. The van der Waals surface area contributed by atoms with Crippen LogP contribution in [0.25, 0.3) is 0 Å². The first kappa shape index (κ1) is 16.7. The van der Waals surface area contributed by atoms with Crippen molar-refractivity contribution in [3.63, 3.8) is 0 Å². The van der Waals surface area contributed by atoms with Gasteiger partial charge in [0.2, 0.25) is 0 Å². The van der Waals surface area contributed by atoms with Crippen LogP contribution in [-0.2, 0) is 9.53 Å². The lowest BCUT2D eigenvalue weighted by Gasteiger charge is -2.28. The van der Waals surface area contributed by atoms with Crippen LogP contribution in [0.1, 0.15) is 33.6 Å². The molecule has 5 heteroatoms. The third-order valence-corrected chi connectivity index (χ3v) is 3.53. The van der Waals surface area contributed by atoms with Crippen LogP contribution in [0.4, 0.5) is 0 Å². The van der Waals surface area contributed by atoms with Gasteiger partial charge in [0.1, 0.15) is 5.54 Å². The molecule has 0 fully saturated rings. The number of hydrogen-bond acceptors (Lipinski definition) is 4. The van der Waals surface area contributed by atoms with Gasteiger partial charge in [0.15, 0.2) is 0 Å². The fourth-order valence-corrected chi connectivity index (χ4v) is 2.64. The standard InChI is InChI=1S/C12H25NO3S/c1-10(2)13-12(3,11(14)15)6-9-17-8-5-7-16-4/h10,13H,5-9H2,1-4H3,(H,14,15). The number of carboxylic acid groups (broad SMARTS) is 1. The van der Waals surface area contributed by atoms with Crippen molar-refractivity contribution >= 4 is 17.7 Å². The van der Waals surface area contributed by atoms with Gasteiger partial charge in [0.05, 0.1) is 0 Å². The van der Waals surface area contributed by atoms with Crippen molar-refractivity contribution in [2.75, 3.05) is 25.2 Å². The van der Waals surface area contributed by atoms with Gasteiger partial charge < -0.3 is 9.84 Å². The molecule has 0 heterocycles. The van der Waals surface area contributed by atoms with Gasteiger partial charge >= 0.3 is 5.97 Å². The van der Waals surface area contributed by atoms with Crippen molar-refractivity contribution in [3.05, 3.63) is 0 Å². The number of thioether (sulfide) groups is 1. The maximum absolute atomic E-state index is 11.2. The SMILES string of the molecule is COCCCSCCC(C)(NC(C)C)C(=O)O. The molecular weight excluding hydrogens is 238 g/mol. The first-order valence-electron chi connectivity index (χ1n) is 6.00. The smallest absolute Gasteiger partial charge is 0.323 e. The molecule has 0 saturated carbocycles. The summed E-state index contributed by atoms with van der Waals surface area (Å²) in [6.07, 6.45) is 1.65. The third-order valence-electron chi connectivity index (χ3n) is 2.46. The van der Waals surface area contributed by atoms with Crippen molar-refractivity contribution < 1.29 is 14.6 Å². The molecule has 0 bridgehead atoms. The molecule has 102 valence electrons. The van der Waals surface area contributed by atoms with Gasteiger partial charge in [-0.3, -0.25) is 10.1 Å². The normalized spacial score (nSPS) is 14.9. The highest BCUT2D eigenvalue weighted by molar-refractivity contribution is 7.99. The average molecular weight is 263 g/mol. The lowest BCUT2D eigenvalue weighted by Crippen LogP contribution is -2.52. The minimum absolute atomic E-state index is 0.176. The molecule has 0 aromatic rings. The lowest BCUT2D eigenvalue weighted by molar-refractivity contribution is -0.144. The summed E-state index contributed by atoms with van der Waals surface area (Å²) >= 11 is 1.78. The second-order valence-electron chi connectivity index (χ2n) is 4.65. The largest absolute Gasteiger partial charge is 0.480 e. The van der Waals surface area contributed by atoms with E-state index in [1.165, 1.54) is 0 Å². The predicted octanol–water partition coefficient (Wildman–Crippen LogP) is 1.99. The van der Waals surface area contributed by atoms with Gasteiger partial charge in [-0.05, 0) is 45.1 Å². The molecular formula is C12H25NO3S. The van der Waals surface area contributed by atoms with Crippen LogP contribution in [-0.4, -0.2) is 47.9 Å². The van der Waals surface area contributed by atoms with Crippen LogP contribution in [0, 0.1) is 0 Å². The summed E-state index contributed by atoms with van der Waals surface area (Å²) in [5.41, 5.74) is -0.817. The Bertz CT molecular complexity index is 224. The van der Waals surface area contributed by atoms with E-state index in [1.54, 1.807) is 25.8 Å². The van der Waals surface area contributed by atoms with Crippen LogP contribution in [0.2, 0.25) is 0 Å². The minimum atomic E-state index is -0.817. The number of aliphatic carboxylic acids is 1. The van der Waals surface area contributed by atoms with E-state index < -0.39 is 11.5 Å². The minimum Gasteiger partial charge on any atom is -0.480 e. The van der Waals surface area contributed by atoms with Crippen LogP contribution in [0.3, 0.4) is 0 Å². The van der Waals surface area contributed by atoms with Gasteiger partial charge in [0, 0.05) is 19.8 Å². The first-order valence-corrected chi connectivity index (χ1v) is 7.15. The number of ether oxygens (including phenoxy) is 1. The quantitative estimate of drug-likeness (QED) is 0.590. The number of rotatable bonds is 10. The van der Waals surface area contributed by atoms with Crippen LogP contribution in [0.5, 0.6) is 0 Å². The van der Waals surface area contributed by atoms with E-state index in [0.717, 1.165) is 24.5 Å². The molecule has 0 saturated heterocycles. The predicted molar refractivity (Wildman–Crippen MR) is 72.7 cm³/mol. The fraction of sp³-hybridized carbons (Fsp3) is 0.917. The van der Waals surface area contributed by atoms with E-state index in [-0.39, 0.29) is 6.04 Å². The number of carboxylic acids is 1. The van der Waals surface area contributed by atoms with Gasteiger partial charge in [-0.15, -0.1) is 0 Å². The van der Waals surface area contributed by atoms with Crippen molar-refractivity contribution in [2.45, 2.75) is 45.2 Å². The van der Waals surface area contributed by atoms with Gasteiger partial charge in [-0.1, -0.05) is 0 Å². The van der Waals surface area contributed by atoms with E-state index in [0.29, 0.717) is 6.42 Å². The van der Waals surface area contributed by atoms with Crippen LogP contribution in [0.15, 0.2) is 0 Å². The summed E-state index contributed by atoms with van der Waals surface area (Å²) in [7, 11) is 1.69. The lowest BCUT2D eigenvalue weighted by atomic mass is 9.98. The Morgan fingerprint density at radius 1 is 1.47 bits per heavy atom. The van der Waals surface area contributed by atoms with Crippen molar-refractivity contribution in [1.29, 1.82) is 0 Å². The highest BCUT2D eigenvalue weighted by Gasteiger charge is 2.32. The molecule has 0 aromatic carbocycles. The van der Waals surface area contributed by atoms with E-state index >= 15 is 0 Å². The Morgan fingerprint density at radius 2 is 2.12 bits per heavy atom. The summed E-state index contributed by atoms with van der Waals surface area (Å²) in [6.45, 7) is 6.46. The molecule has 17 heavy (non-hydrogen) atoms. The molecule has 2 N–H and O–H groups in total. The van der Waals surface area contributed by atoms with E-state index in [1.807, 2.05) is 13.8 Å². The molecule has 1 unspecified atom stereocenters. The van der Waals surface area contributed by atoms with E-state index in [4.69, 9.17) is 4.74 Å². The highest BCUT2D eigenvalue weighted by atomic mass is 32.2. The Labute approximate surface area is 108 Å². The van der Waals surface area contributed by atoms with Crippen molar-refractivity contribution in [3.8, 4) is 0 Å². The number of carbonyl (C=O) groups is 1. The molecule has 4 nitrogen and oxygen atoms in total. The average Bonchev–Trinajstić information content (AvgIpc) is 2.22. The van der Waals surface area contributed by atoms with Crippen molar-refractivity contribution in [1.82, 2.24) is 5.32 Å². The monoisotopic (exact) mass is 263 g/mol. The zero-order valence-electron chi connectivity index (χ0n) is 11.3. The molecule has 1 atom stereocenters. The van der Waals surface area contributed by atoms with E-state index in [2.05, 4.69) is 5.32 Å². The first-order chi connectivity index (χ1) is 7.92. The molecule has 0 aliphatic carbocycles. The molecule has 0 aliphatic rings. The Morgan fingerprint density at radius 3 is 2.59 bits per heavy atom. The number of methoxy groups -OCH3 is 1. The summed E-state index contributed by atoms with van der Waals surface area (Å²) in [5, 5.41) is 12.4. The molecule has 0 rings (SSSR count). The second kappa shape index (κ2) is 8.78. The third kappa shape index (κ3) is 7.63. The Kier molecular flexibility index (Phi) is 8.64. The zero-order valence-corrected chi connectivity index (χ0v) is 12.1. The Hall–Kier alpha value is -0.260. The van der Waals surface area contributed by atoms with Gasteiger partial charge in [0.25, 0.3) is 0 Å². The summed E-state index contributed by atoms with van der Waals surface area (Å²) in [4.78, 5) is 11.2. The second-order valence-corrected chi connectivity index (χ2v) is 5.87. The van der Waals surface area contributed by atoms with E-state index in [9.17, 15) is 9.90 Å². The van der Waals surface area contributed by atoms with Crippen LogP contribution < -0.4 is 5.32 Å². The molecule has 0 aliphatic heterocycles. The summed E-state index contributed by atoms with van der Waals surface area (Å²) in [6, 6.07) is 0.176. The topological polar surface area (TPSA) is 58.6 Å². The molecule has 0 amide bonds. The highest BCUT2D eigenvalue weighted by Crippen LogP contribution is 2.16. The fourth-order valence-electron chi connectivity index (χ4n) is 1.56. The van der Waals surface area contributed by atoms with Gasteiger partial charge in [-0.25, -0.2) is 0 Å². The maximum Gasteiger partial charge on any atom is 0.323 e. The Balaban J connectivity index is 3.89. The molecule has 0 spiro atoms. The van der Waals surface area contributed by atoms with Gasteiger partial charge in [-0.2, -0.15) is 11.8 Å². The van der Waals surface area contributed by atoms with Crippen LogP contribution >= 0.6 is 11.8 Å². The number of nitrogens with one attached hydrogen (secondary N) is 1. The molecule has 0 aromatic heterocycles. The molecule has 0 radical (unpaired) electrons. The summed E-state index contributed by atoms with van der Waals surface area (Å²) < 4.78 is 4.96. The van der Waals surface area contributed by atoms with Crippen molar-refractivity contribution in [2.24, 2.45) is 0 Å².